The second-order valence-corrected chi connectivity index (χ2v) is 7.57. The van der Waals surface area contributed by atoms with Gasteiger partial charge in [-0.1, -0.05) is 31.9 Å². The zero-order valence-corrected chi connectivity index (χ0v) is 14.6. The van der Waals surface area contributed by atoms with Crippen LogP contribution in [-0.4, -0.2) is 22.2 Å². The first-order valence-corrected chi connectivity index (χ1v) is 8.92. The van der Waals surface area contributed by atoms with Crippen molar-refractivity contribution < 1.29 is 9.50 Å². The summed E-state index contributed by atoms with van der Waals surface area (Å²) in [5.74, 6) is 0.862. The Morgan fingerprint density at radius 1 is 1.29 bits per heavy atom. The van der Waals surface area contributed by atoms with Gasteiger partial charge in [-0.15, -0.1) is 0 Å². The number of para-hydroxylation sites is 1. The van der Waals surface area contributed by atoms with E-state index in [2.05, 4.69) is 17.2 Å². The Morgan fingerprint density at radius 3 is 2.79 bits per heavy atom. The molecule has 0 spiro atoms. The van der Waals surface area contributed by atoms with Gasteiger partial charge in [0.05, 0.1) is 5.60 Å². The van der Waals surface area contributed by atoms with E-state index in [1.165, 1.54) is 18.9 Å². The van der Waals surface area contributed by atoms with Gasteiger partial charge < -0.3 is 10.4 Å². The highest BCUT2D eigenvalue weighted by Crippen LogP contribution is 2.35. The maximum atomic E-state index is 13.6. The first-order valence-electron chi connectivity index (χ1n) is 8.92. The third kappa shape index (κ3) is 3.93. The molecule has 24 heavy (non-hydrogen) atoms. The molecule has 4 heteroatoms. The lowest BCUT2D eigenvalue weighted by molar-refractivity contribution is -0.0203. The van der Waals surface area contributed by atoms with Gasteiger partial charge in [-0.3, -0.25) is 4.98 Å². The molecule has 0 bridgehead atoms. The Bertz CT molecular complexity index is 693. The lowest BCUT2D eigenvalue weighted by Crippen LogP contribution is -2.45. The van der Waals surface area contributed by atoms with E-state index in [0.717, 1.165) is 29.7 Å². The van der Waals surface area contributed by atoms with E-state index in [-0.39, 0.29) is 5.82 Å². The van der Waals surface area contributed by atoms with E-state index in [0.29, 0.717) is 24.5 Å². The van der Waals surface area contributed by atoms with Crippen LogP contribution in [0.2, 0.25) is 0 Å². The average molecular weight is 330 g/mol. The highest BCUT2D eigenvalue weighted by Gasteiger charge is 2.33. The summed E-state index contributed by atoms with van der Waals surface area (Å²) in [7, 11) is 0. The molecule has 130 valence electrons. The van der Waals surface area contributed by atoms with Crippen molar-refractivity contribution >= 4 is 10.9 Å². The lowest BCUT2D eigenvalue weighted by atomic mass is 9.74. The molecule has 1 heterocycles. The molecule has 1 fully saturated rings. The minimum absolute atomic E-state index is 0.290. The van der Waals surface area contributed by atoms with Crippen molar-refractivity contribution in [2.45, 2.75) is 51.7 Å². The molecule has 1 aliphatic carbocycles. The van der Waals surface area contributed by atoms with Gasteiger partial charge in [0.15, 0.2) is 0 Å². The zero-order chi connectivity index (χ0) is 17.2. The van der Waals surface area contributed by atoms with Crippen LogP contribution < -0.4 is 5.32 Å². The first kappa shape index (κ1) is 17.3. The molecule has 2 N–H and O–H groups in total. The number of aliphatic hydroxyl groups is 1. The van der Waals surface area contributed by atoms with Crippen molar-refractivity contribution in [3.05, 3.63) is 41.8 Å². The lowest BCUT2D eigenvalue weighted by Gasteiger charge is -2.37. The highest BCUT2D eigenvalue weighted by atomic mass is 19.1. The minimum Gasteiger partial charge on any atom is -0.389 e. The van der Waals surface area contributed by atoms with E-state index >= 15 is 0 Å². The van der Waals surface area contributed by atoms with E-state index < -0.39 is 5.60 Å². The summed E-state index contributed by atoms with van der Waals surface area (Å²) in [4.78, 5) is 4.22. The summed E-state index contributed by atoms with van der Waals surface area (Å²) in [6.45, 7) is 5.42. The van der Waals surface area contributed by atoms with Crippen molar-refractivity contribution in [2.24, 2.45) is 11.8 Å². The smallest absolute Gasteiger partial charge is 0.149 e. The van der Waals surface area contributed by atoms with Gasteiger partial charge in [0.25, 0.3) is 0 Å². The molecule has 1 unspecified atom stereocenters. The molecule has 0 saturated heterocycles. The standard InChI is InChI=1S/C20H27FN2O/c1-14-6-8-17(9-7-14)20(2,24)13-22-11-15-10-16-4-3-5-18(21)19(16)23-12-15/h3-5,10,12,14,17,22,24H,6-9,11,13H2,1-2H3. The van der Waals surface area contributed by atoms with E-state index in [1.807, 2.05) is 19.1 Å². The third-order valence-electron chi connectivity index (χ3n) is 5.43. The number of hydrogen-bond acceptors (Lipinski definition) is 3. The monoisotopic (exact) mass is 330 g/mol. The number of benzene rings is 1. The molecule has 1 aliphatic rings. The van der Waals surface area contributed by atoms with Crippen molar-refractivity contribution in [2.75, 3.05) is 6.54 Å². The number of fused-ring (bicyclic) bond motifs is 1. The average Bonchev–Trinajstić information content (AvgIpc) is 2.55. The summed E-state index contributed by atoms with van der Waals surface area (Å²) >= 11 is 0. The summed E-state index contributed by atoms with van der Waals surface area (Å²) in [6.07, 6.45) is 6.33. The number of pyridine rings is 1. The van der Waals surface area contributed by atoms with Gasteiger partial charge in [-0.2, -0.15) is 0 Å². The number of nitrogens with one attached hydrogen (secondary N) is 1. The molecule has 1 atom stereocenters. The Hall–Kier alpha value is -1.52. The number of aromatic nitrogens is 1. The third-order valence-corrected chi connectivity index (χ3v) is 5.43. The van der Waals surface area contributed by atoms with Crippen LogP contribution in [-0.2, 0) is 6.54 Å². The Balaban J connectivity index is 1.57. The fourth-order valence-electron chi connectivity index (χ4n) is 3.75. The molecular weight excluding hydrogens is 303 g/mol. The van der Waals surface area contributed by atoms with Crippen LogP contribution in [0.4, 0.5) is 4.39 Å². The van der Waals surface area contributed by atoms with Crippen LogP contribution in [0.5, 0.6) is 0 Å². The van der Waals surface area contributed by atoms with Gasteiger partial charge in [0.1, 0.15) is 11.3 Å². The quantitative estimate of drug-likeness (QED) is 0.869. The second kappa shape index (κ2) is 7.16. The molecule has 2 aromatic rings. The summed E-state index contributed by atoms with van der Waals surface area (Å²) in [6, 6.07) is 6.95. The van der Waals surface area contributed by atoms with Crippen LogP contribution in [0.1, 0.15) is 45.1 Å². The molecule has 1 aromatic carbocycles. The van der Waals surface area contributed by atoms with Crippen LogP contribution in [0.3, 0.4) is 0 Å². The van der Waals surface area contributed by atoms with Gasteiger partial charge >= 0.3 is 0 Å². The number of halogens is 1. The summed E-state index contributed by atoms with van der Waals surface area (Å²) in [5, 5.41) is 14.9. The largest absolute Gasteiger partial charge is 0.389 e. The van der Waals surface area contributed by atoms with E-state index in [9.17, 15) is 9.50 Å². The van der Waals surface area contributed by atoms with Crippen molar-refractivity contribution in [3.8, 4) is 0 Å². The van der Waals surface area contributed by atoms with Gasteiger partial charge in [0, 0.05) is 24.7 Å². The zero-order valence-electron chi connectivity index (χ0n) is 14.6. The summed E-state index contributed by atoms with van der Waals surface area (Å²) in [5.41, 5.74) is 0.724. The molecule has 0 radical (unpaired) electrons. The molecular formula is C20H27FN2O. The maximum absolute atomic E-state index is 13.6. The van der Waals surface area contributed by atoms with Crippen LogP contribution >= 0.6 is 0 Å². The van der Waals surface area contributed by atoms with Crippen molar-refractivity contribution in [1.82, 2.24) is 10.3 Å². The van der Waals surface area contributed by atoms with Gasteiger partial charge in [-0.25, -0.2) is 4.39 Å². The topological polar surface area (TPSA) is 45.1 Å². The summed E-state index contributed by atoms with van der Waals surface area (Å²) < 4.78 is 13.6. The minimum atomic E-state index is -0.684. The number of hydrogen-bond donors (Lipinski definition) is 2. The van der Waals surface area contributed by atoms with E-state index in [4.69, 9.17) is 0 Å². The maximum Gasteiger partial charge on any atom is 0.149 e. The second-order valence-electron chi connectivity index (χ2n) is 7.57. The van der Waals surface area contributed by atoms with Gasteiger partial charge in [-0.05, 0) is 49.3 Å². The normalized spacial score (nSPS) is 24.0. The van der Waals surface area contributed by atoms with Gasteiger partial charge in [0.2, 0.25) is 0 Å². The van der Waals surface area contributed by atoms with Crippen LogP contribution in [0.25, 0.3) is 10.9 Å². The number of nitrogens with zero attached hydrogens (tertiary/aromatic N) is 1. The molecule has 3 rings (SSSR count). The van der Waals surface area contributed by atoms with Crippen LogP contribution in [0, 0.1) is 17.7 Å². The molecule has 1 aromatic heterocycles. The Morgan fingerprint density at radius 2 is 2.04 bits per heavy atom. The van der Waals surface area contributed by atoms with Crippen LogP contribution in [0.15, 0.2) is 30.5 Å². The highest BCUT2D eigenvalue weighted by molar-refractivity contribution is 5.79. The Kier molecular flexibility index (Phi) is 5.16. The number of rotatable bonds is 5. The van der Waals surface area contributed by atoms with Crippen molar-refractivity contribution in [3.63, 3.8) is 0 Å². The fourth-order valence-corrected chi connectivity index (χ4v) is 3.75. The molecule has 0 amide bonds. The predicted molar refractivity (Wildman–Crippen MR) is 95.2 cm³/mol. The van der Waals surface area contributed by atoms with Crippen molar-refractivity contribution in [1.29, 1.82) is 0 Å². The fraction of sp³-hybridized carbons (Fsp3) is 0.550. The molecule has 0 aliphatic heterocycles. The first-order chi connectivity index (χ1) is 11.5. The Labute approximate surface area is 143 Å². The molecule has 3 nitrogen and oxygen atoms in total. The predicted octanol–water partition coefficient (Wildman–Crippen LogP) is 4.04. The SMILES string of the molecule is CC1CCC(C(C)(O)CNCc2cnc3c(F)cccc3c2)CC1. The van der Waals surface area contributed by atoms with E-state index in [1.54, 1.807) is 12.3 Å². The molecule has 1 saturated carbocycles.